The summed E-state index contributed by atoms with van der Waals surface area (Å²) in [4.78, 5) is 30.2. The van der Waals surface area contributed by atoms with Crippen LogP contribution in [0.15, 0.2) is 108 Å². The van der Waals surface area contributed by atoms with Gasteiger partial charge in [0, 0.05) is 25.3 Å². The Kier molecular flexibility index (Phi) is 10.8. The molecule has 0 saturated heterocycles. The number of hydrogen-bond acceptors (Lipinski definition) is 5. The van der Waals surface area contributed by atoms with Gasteiger partial charge in [0.05, 0.1) is 11.4 Å². The highest BCUT2D eigenvalue weighted by Gasteiger charge is 2.38. The van der Waals surface area contributed by atoms with Crippen molar-refractivity contribution in [1.29, 1.82) is 0 Å². The first-order chi connectivity index (χ1) is 23.7. The van der Waals surface area contributed by atoms with E-state index in [1.165, 1.54) is 0 Å². The molecular weight excluding hydrogens is 633 g/mol. The fourth-order valence-electron chi connectivity index (χ4n) is 7.13. The third-order valence-corrected chi connectivity index (χ3v) is 11.2. The average molecular weight is 677 g/mol. The van der Waals surface area contributed by atoms with E-state index < -0.39 is 17.0 Å². The molecule has 1 fully saturated rings. The van der Waals surface area contributed by atoms with Crippen LogP contribution in [0.5, 0.6) is 5.75 Å². The van der Waals surface area contributed by atoms with Gasteiger partial charge in [-0.1, -0.05) is 90.5 Å². The third kappa shape index (κ3) is 8.20. The van der Waals surface area contributed by atoms with Crippen molar-refractivity contribution >= 4 is 28.5 Å². The number of ether oxygens (including phenoxy) is 2. The second-order valence-electron chi connectivity index (χ2n) is 13.3. The highest BCUT2D eigenvalue weighted by Crippen LogP contribution is 2.44. The number of allylic oxidation sites excluding steroid dienone is 2. The minimum Gasteiger partial charge on any atom is -0.488 e. The highest BCUT2D eigenvalue weighted by atomic mass is 32.2. The van der Waals surface area contributed by atoms with Crippen molar-refractivity contribution in [3.63, 3.8) is 0 Å². The van der Waals surface area contributed by atoms with Crippen molar-refractivity contribution in [2.45, 2.75) is 51.7 Å². The van der Waals surface area contributed by atoms with E-state index in [2.05, 4.69) is 12.2 Å². The van der Waals surface area contributed by atoms with E-state index >= 15 is 0 Å². The number of amides is 1. The lowest BCUT2D eigenvalue weighted by molar-refractivity contribution is -0.118. The number of benzene rings is 4. The molecule has 0 N–H and O–H groups in total. The van der Waals surface area contributed by atoms with Crippen LogP contribution < -0.4 is 9.64 Å². The van der Waals surface area contributed by atoms with Gasteiger partial charge in [-0.05, 0) is 85.8 Å². The van der Waals surface area contributed by atoms with E-state index in [1.807, 2.05) is 93.6 Å². The van der Waals surface area contributed by atoms with Gasteiger partial charge in [0.15, 0.2) is 0 Å². The maximum Gasteiger partial charge on any atom is 0.342 e. The molecule has 1 saturated carbocycles. The summed E-state index contributed by atoms with van der Waals surface area (Å²) >= 11 is 0. The minimum absolute atomic E-state index is 0.0445. The number of carbonyl (C=O) groups is 2. The Balaban J connectivity index is 1.29. The highest BCUT2D eigenvalue weighted by molar-refractivity contribution is 7.82. The summed E-state index contributed by atoms with van der Waals surface area (Å²) in [6.45, 7) is 6.79. The summed E-state index contributed by atoms with van der Waals surface area (Å²) in [6, 6.07) is 28.6. The number of fused-ring (bicyclic) bond motifs is 2. The molecule has 0 spiro atoms. The molecule has 4 atom stereocenters. The van der Waals surface area contributed by atoms with Crippen LogP contribution in [0.4, 0.5) is 5.69 Å². The molecule has 2 bridgehead atoms. The zero-order valence-electron chi connectivity index (χ0n) is 28.6. The predicted octanol–water partition coefficient (Wildman–Crippen LogP) is 7.75. The van der Waals surface area contributed by atoms with Crippen molar-refractivity contribution in [1.82, 2.24) is 4.31 Å². The monoisotopic (exact) mass is 676 g/mol. The molecule has 0 heterocycles. The first-order valence-corrected chi connectivity index (χ1v) is 18.0. The molecule has 254 valence electrons. The lowest BCUT2D eigenvalue weighted by Crippen LogP contribution is -2.43. The van der Waals surface area contributed by atoms with Crippen molar-refractivity contribution in [2.24, 2.45) is 17.8 Å². The Bertz CT molecular complexity index is 1840. The average Bonchev–Trinajstić information content (AvgIpc) is 3.73. The Labute approximate surface area is 292 Å². The SMILES string of the molecule is Cc1cc(C)c(S(=O)N(C)CC(=O)N(CC2CC3C=CC2C3)c2ccc(C(=O)OCc3ccccc3)c(OCc3ccccc3)c2)c(C)c1. The molecule has 4 unspecified atom stereocenters. The molecule has 2 aliphatic carbocycles. The molecular formula is C41H44N2O5S. The smallest absolute Gasteiger partial charge is 0.342 e. The number of esters is 1. The summed E-state index contributed by atoms with van der Waals surface area (Å²) in [5.41, 5.74) is 5.73. The van der Waals surface area contributed by atoms with Crippen molar-refractivity contribution in [3.05, 3.63) is 137 Å². The Hall–Kier alpha value is -4.53. The van der Waals surface area contributed by atoms with Crippen LogP contribution in [0.25, 0.3) is 0 Å². The standard InChI is InChI=1S/C41H44N2O5S/c1-28-19-29(2)40(30(3)20-28)49(46)42(4)25-39(44)43(24-35-22-33-15-16-34(35)21-33)36-17-18-37(41(45)48-27-32-13-9-6-10-14-32)38(23-36)47-26-31-11-7-5-8-12-31/h5-20,23,33-35H,21-22,24-27H2,1-4H3. The molecule has 2 aliphatic rings. The fraction of sp³-hybridized carbons (Fsp3) is 0.317. The summed E-state index contributed by atoms with van der Waals surface area (Å²) < 4.78 is 27.4. The normalized spacial score (nSPS) is 18.4. The summed E-state index contributed by atoms with van der Waals surface area (Å²) in [5.74, 6) is 0.938. The largest absolute Gasteiger partial charge is 0.488 e. The first kappa shape index (κ1) is 34.3. The van der Waals surface area contributed by atoms with Gasteiger partial charge < -0.3 is 14.4 Å². The predicted molar refractivity (Wildman–Crippen MR) is 194 cm³/mol. The lowest BCUT2D eigenvalue weighted by Gasteiger charge is -2.30. The minimum atomic E-state index is -1.53. The van der Waals surface area contributed by atoms with E-state index in [-0.39, 0.29) is 31.2 Å². The van der Waals surface area contributed by atoms with Gasteiger partial charge in [0.25, 0.3) is 0 Å². The summed E-state index contributed by atoms with van der Waals surface area (Å²) in [5, 5.41) is 0. The second kappa shape index (κ2) is 15.3. The molecule has 8 heteroatoms. The summed E-state index contributed by atoms with van der Waals surface area (Å²) in [6.07, 6.45) is 6.71. The van der Waals surface area contributed by atoms with Gasteiger partial charge in [0.2, 0.25) is 5.91 Å². The van der Waals surface area contributed by atoms with E-state index in [1.54, 1.807) is 34.5 Å². The van der Waals surface area contributed by atoms with Gasteiger partial charge in [0.1, 0.15) is 35.5 Å². The molecule has 0 aromatic heterocycles. The quantitative estimate of drug-likeness (QED) is 0.107. The lowest BCUT2D eigenvalue weighted by atomic mass is 9.93. The van der Waals surface area contributed by atoms with E-state index in [9.17, 15) is 13.8 Å². The van der Waals surface area contributed by atoms with Crippen molar-refractivity contribution < 1.29 is 23.3 Å². The van der Waals surface area contributed by atoms with Crippen LogP contribution in [0, 0.1) is 38.5 Å². The Morgan fingerprint density at radius 3 is 2.08 bits per heavy atom. The van der Waals surface area contributed by atoms with Gasteiger partial charge >= 0.3 is 5.97 Å². The topological polar surface area (TPSA) is 76.2 Å². The first-order valence-electron chi connectivity index (χ1n) is 16.9. The number of nitrogens with zero attached hydrogens (tertiary/aromatic N) is 2. The zero-order valence-corrected chi connectivity index (χ0v) is 29.5. The maximum absolute atomic E-state index is 14.3. The number of aryl methyl sites for hydroxylation is 3. The van der Waals surface area contributed by atoms with E-state index in [4.69, 9.17) is 9.47 Å². The van der Waals surface area contributed by atoms with E-state index in [0.29, 0.717) is 35.7 Å². The van der Waals surface area contributed by atoms with Crippen LogP contribution in [-0.4, -0.2) is 40.5 Å². The molecule has 7 nitrogen and oxygen atoms in total. The van der Waals surface area contributed by atoms with Crippen LogP contribution >= 0.6 is 0 Å². The van der Waals surface area contributed by atoms with Gasteiger partial charge in [-0.25, -0.2) is 13.3 Å². The van der Waals surface area contributed by atoms with Crippen molar-refractivity contribution in [2.75, 3.05) is 25.0 Å². The molecule has 6 rings (SSSR count). The molecule has 4 aromatic carbocycles. The second-order valence-corrected chi connectivity index (χ2v) is 14.9. The number of anilines is 1. The molecule has 49 heavy (non-hydrogen) atoms. The molecule has 4 aromatic rings. The van der Waals surface area contributed by atoms with Crippen molar-refractivity contribution in [3.8, 4) is 5.75 Å². The molecule has 1 amide bonds. The Morgan fingerprint density at radius 1 is 0.816 bits per heavy atom. The number of hydrogen-bond donors (Lipinski definition) is 0. The summed E-state index contributed by atoms with van der Waals surface area (Å²) in [7, 11) is 0.201. The Morgan fingerprint density at radius 2 is 1.47 bits per heavy atom. The maximum atomic E-state index is 14.3. The van der Waals surface area contributed by atoms with Crippen LogP contribution in [-0.2, 0) is 33.7 Å². The molecule has 0 aliphatic heterocycles. The number of likely N-dealkylation sites (N-methyl/N-ethyl adjacent to an activating group) is 1. The number of carbonyl (C=O) groups excluding carboxylic acids is 2. The third-order valence-electron chi connectivity index (χ3n) is 9.50. The van der Waals surface area contributed by atoms with Gasteiger partial charge in [-0.15, -0.1) is 0 Å². The van der Waals surface area contributed by atoms with Crippen LogP contribution in [0.1, 0.15) is 51.0 Å². The fourth-order valence-corrected chi connectivity index (χ4v) is 8.33. The number of rotatable bonds is 13. The zero-order chi connectivity index (χ0) is 34.5. The van der Waals surface area contributed by atoms with Gasteiger partial charge in [-0.3, -0.25) is 4.79 Å². The van der Waals surface area contributed by atoms with Crippen LogP contribution in [0.3, 0.4) is 0 Å². The van der Waals surface area contributed by atoms with Crippen LogP contribution in [0.2, 0.25) is 0 Å². The molecule has 0 radical (unpaired) electrons. The van der Waals surface area contributed by atoms with Gasteiger partial charge in [-0.2, -0.15) is 0 Å². The van der Waals surface area contributed by atoms with E-state index in [0.717, 1.165) is 45.6 Å².